The average Bonchev–Trinajstić information content (AvgIpc) is 2.28. The Morgan fingerprint density at radius 1 is 1.18 bits per heavy atom. The summed E-state index contributed by atoms with van der Waals surface area (Å²) in [7, 11) is -3.44. The van der Waals surface area contributed by atoms with Crippen molar-refractivity contribution >= 4 is 57.8 Å². The summed E-state index contributed by atoms with van der Waals surface area (Å²) in [5.41, 5.74) is 0. The second-order valence-corrected chi connectivity index (χ2v) is 7.67. The second-order valence-electron chi connectivity index (χ2n) is 3.37. The topological polar surface area (TPSA) is 46.2 Å². The van der Waals surface area contributed by atoms with E-state index >= 15 is 0 Å². The van der Waals surface area contributed by atoms with E-state index in [1.165, 1.54) is 0 Å². The van der Waals surface area contributed by atoms with Gasteiger partial charge in [0.1, 0.15) is 0 Å². The number of halogens is 3. The number of unbranched alkanes of at least 4 members (excludes halogenated alkanes) is 1. The van der Waals surface area contributed by atoms with Gasteiger partial charge >= 0.3 is 0 Å². The maximum absolute atomic E-state index is 12.0. The third-order valence-electron chi connectivity index (χ3n) is 2.04. The van der Waals surface area contributed by atoms with Crippen molar-refractivity contribution in [2.24, 2.45) is 0 Å². The standard InChI is InChI=1S/C10H12Br3NO2S/c11-5-1-2-6-14-17(15,16)10-7-8(12)3-4-9(10)13/h3-4,7,14H,1-2,5-6H2. The monoisotopic (exact) mass is 447 g/mol. The quantitative estimate of drug-likeness (QED) is 0.532. The molecule has 0 amide bonds. The Labute approximate surface area is 127 Å². The molecule has 0 fully saturated rings. The summed E-state index contributed by atoms with van der Waals surface area (Å²) in [5.74, 6) is 0. The van der Waals surface area contributed by atoms with Gasteiger partial charge in [-0.2, -0.15) is 0 Å². The molecular formula is C10H12Br3NO2S. The fourth-order valence-corrected chi connectivity index (χ4v) is 4.16. The largest absolute Gasteiger partial charge is 0.241 e. The average molecular weight is 450 g/mol. The summed E-state index contributed by atoms with van der Waals surface area (Å²) in [4.78, 5) is 0.255. The number of nitrogens with one attached hydrogen (secondary N) is 1. The van der Waals surface area contributed by atoms with Crippen LogP contribution < -0.4 is 4.72 Å². The Bertz CT molecular complexity index is 476. The molecule has 0 unspecified atom stereocenters. The smallest absolute Gasteiger partial charge is 0.211 e. The minimum atomic E-state index is -3.44. The molecular weight excluding hydrogens is 438 g/mol. The molecule has 0 bridgehead atoms. The molecule has 1 rings (SSSR count). The Morgan fingerprint density at radius 2 is 1.88 bits per heavy atom. The van der Waals surface area contributed by atoms with Crippen molar-refractivity contribution in [3.8, 4) is 0 Å². The highest BCUT2D eigenvalue weighted by Gasteiger charge is 2.17. The lowest BCUT2D eigenvalue weighted by Gasteiger charge is -2.08. The molecule has 0 aliphatic carbocycles. The van der Waals surface area contributed by atoms with Crippen molar-refractivity contribution in [3.05, 3.63) is 27.1 Å². The van der Waals surface area contributed by atoms with E-state index in [0.29, 0.717) is 11.0 Å². The van der Waals surface area contributed by atoms with Crippen LogP contribution in [-0.2, 0) is 10.0 Å². The van der Waals surface area contributed by atoms with E-state index in [1.807, 2.05) is 0 Å². The van der Waals surface area contributed by atoms with Gasteiger partial charge in [0.25, 0.3) is 0 Å². The fraction of sp³-hybridized carbons (Fsp3) is 0.400. The Morgan fingerprint density at radius 3 is 2.53 bits per heavy atom. The molecule has 1 N–H and O–H groups in total. The summed E-state index contributed by atoms with van der Waals surface area (Å²) in [5, 5.41) is 0.884. The molecule has 7 heteroatoms. The van der Waals surface area contributed by atoms with Gasteiger partial charge in [-0.25, -0.2) is 13.1 Å². The lowest BCUT2D eigenvalue weighted by Crippen LogP contribution is -2.25. The third kappa shape index (κ3) is 4.98. The summed E-state index contributed by atoms with van der Waals surface area (Å²) in [6, 6.07) is 5.07. The van der Waals surface area contributed by atoms with Gasteiger partial charge in [-0.15, -0.1) is 0 Å². The van der Waals surface area contributed by atoms with E-state index in [1.54, 1.807) is 18.2 Å². The lowest BCUT2D eigenvalue weighted by atomic mass is 10.3. The van der Waals surface area contributed by atoms with Crippen LogP contribution in [0.5, 0.6) is 0 Å². The predicted molar refractivity (Wildman–Crippen MR) is 80.1 cm³/mol. The summed E-state index contributed by atoms with van der Waals surface area (Å²) in [6.45, 7) is 0.451. The highest BCUT2D eigenvalue weighted by atomic mass is 79.9. The molecule has 0 aliphatic heterocycles. The highest BCUT2D eigenvalue weighted by Crippen LogP contribution is 2.25. The molecule has 0 saturated heterocycles. The number of hydrogen-bond acceptors (Lipinski definition) is 2. The lowest BCUT2D eigenvalue weighted by molar-refractivity contribution is 0.578. The van der Waals surface area contributed by atoms with Crippen LogP contribution in [0.3, 0.4) is 0 Å². The number of hydrogen-bond donors (Lipinski definition) is 1. The zero-order valence-corrected chi connectivity index (χ0v) is 14.5. The van der Waals surface area contributed by atoms with Crippen molar-refractivity contribution in [3.63, 3.8) is 0 Å². The van der Waals surface area contributed by atoms with E-state index < -0.39 is 10.0 Å². The minimum absolute atomic E-state index is 0.255. The van der Waals surface area contributed by atoms with Crippen LogP contribution in [0.2, 0.25) is 0 Å². The van der Waals surface area contributed by atoms with Crippen LogP contribution in [-0.4, -0.2) is 20.3 Å². The first-order valence-electron chi connectivity index (χ1n) is 4.98. The van der Waals surface area contributed by atoms with E-state index in [0.717, 1.165) is 22.6 Å². The highest BCUT2D eigenvalue weighted by molar-refractivity contribution is 9.11. The summed E-state index contributed by atoms with van der Waals surface area (Å²) in [6.07, 6.45) is 1.76. The van der Waals surface area contributed by atoms with Crippen LogP contribution in [0, 0.1) is 0 Å². The fourth-order valence-electron chi connectivity index (χ4n) is 1.19. The maximum atomic E-state index is 12.0. The summed E-state index contributed by atoms with van der Waals surface area (Å²) < 4.78 is 27.9. The number of benzene rings is 1. The first-order valence-corrected chi connectivity index (χ1v) is 9.17. The van der Waals surface area contributed by atoms with E-state index in [4.69, 9.17) is 0 Å². The molecule has 0 atom stereocenters. The summed E-state index contributed by atoms with van der Waals surface area (Å²) >= 11 is 9.81. The number of sulfonamides is 1. The normalized spacial score (nSPS) is 11.7. The SMILES string of the molecule is O=S(=O)(NCCCCBr)c1cc(Br)ccc1Br. The molecule has 0 aliphatic rings. The number of rotatable bonds is 6. The van der Waals surface area contributed by atoms with Gasteiger partial charge in [-0.05, 0) is 47.0 Å². The van der Waals surface area contributed by atoms with Crippen molar-refractivity contribution in [1.29, 1.82) is 0 Å². The van der Waals surface area contributed by atoms with Crippen LogP contribution in [0.25, 0.3) is 0 Å². The van der Waals surface area contributed by atoms with E-state index in [2.05, 4.69) is 52.5 Å². The van der Waals surface area contributed by atoms with Gasteiger partial charge in [0.2, 0.25) is 10.0 Å². The van der Waals surface area contributed by atoms with Crippen molar-refractivity contribution in [2.45, 2.75) is 17.7 Å². The Balaban J connectivity index is 2.79. The second kappa shape index (κ2) is 7.23. The van der Waals surface area contributed by atoms with Crippen molar-refractivity contribution < 1.29 is 8.42 Å². The third-order valence-corrected chi connectivity index (χ3v) is 5.54. The molecule has 96 valence electrons. The molecule has 0 radical (unpaired) electrons. The van der Waals surface area contributed by atoms with Crippen LogP contribution >= 0.6 is 47.8 Å². The number of alkyl halides is 1. The predicted octanol–water partition coefficient (Wildman–Crippen LogP) is 3.67. The van der Waals surface area contributed by atoms with Gasteiger partial charge in [0, 0.05) is 20.8 Å². The van der Waals surface area contributed by atoms with Crippen LogP contribution in [0.1, 0.15) is 12.8 Å². The molecule has 0 heterocycles. The van der Waals surface area contributed by atoms with Gasteiger partial charge in [0.15, 0.2) is 0 Å². The van der Waals surface area contributed by atoms with Crippen molar-refractivity contribution in [1.82, 2.24) is 4.72 Å². The molecule has 17 heavy (non-hydrogen) atoms. The van der Waals surface area contributed by atoms with Gasteiger partial charge in [-0.3, -0.25) is 0 Å². The Kier molecular flexibility index (Phi) is 6.65. The van der Waals surface area contributed by atoms with Crippen molar-refractivity contribution in [2.75, 3.05) is 11.9 Å². The van der Waals surface area contributed by atoms with Crippen LogP contribution in [0.15, 0.2) is 32.0 Å². The molecule has 1 aromatic rings. The molecule has 0 aromatic heterocycles. The van der Waals surface area contributed by atoms with E-state index in [-0.39, 0.29) is 4.90 Å². The van der Waals surface area contributed by atoms with Gasteiger partial charge < -0.3 is 0 Å². The van der Waals surface area contributed by atoms with E-state index in [9.17, 15) is 8.42 Å². The first kappa shape index (κ1) is 15.6. The molecule has 3 nitrogen and oxygen atoms in total. The Hall–Kier alpha value is 0.570. The molecule has 1 aromatic carbocycles. The maximum Gasteiger partial charge on any atom is 0.241 e. The van der Waals surface area contributed by atoms with Gasteiger partial charge in [0.05, 0.1) is 4.90 Å². The zero-order valence-electron chi connectivity index (χ0n) is 8.92. The first-order chi connectivity index (χ1) is 7.97. The van der Waals surface area contributed by atoms with Gasteiger partial charge in [-0.1, -0.05) is 31.9 Å². The zero-order chi connectivity index (χ0) is 12.9. The minimum Gasteiger partial charge on any atom is -0.211 e. The molecule has 0 spiro atoms. The molecule has 0 saturated carbocycles. The van der Waals surface area contributed by atoms with Crippen LogP contribution in [0.4, 0.5) is 0 Å².